The van der Waals surface area contributed by atoms with Crippen molar-refractivity contribution in [2.24, 2.45) is 0 Å². The summed E-state index contributed by atoms with van der Waals surface area (Å²) in [5.74, 6) is 2.00. The second-order valence-corrected chi connectivity index (χ2v) is 7.95. The minimum absolute atomic E-state index is 0.0813. The summed E-state index contributed by atoms with van der Waals surface area (Å²) in [6.45, 7) is 7.55. The maximum Gasteiger partial charge on any atom is 0.280 e. The first kappa shape index (κ1) is 21.1. The zero-order chi connectivity index (χ0) is 22.9. The van der Waals surface area contributed by atoms with Gasteiger partial charge in [-0.2, -0.15) is 4.98 Å². The summed E-state index contributed by atoms with van der Waals surface area (Å²) in [5.41, 5.74) is 5.70. The molecule has 9 nitrogen and oxygen atoms in total. The number of hydrogen-bond acceptors (Lipinski definition) is 8. The highest BCUT2D eigenvalue weighted by molar-refractivity contribution is 5.63. The van der Waals surface area contributed by atoms with Gasteiger partial charge >= 0.3 is 0 Å². The van der Waals surface area contributed by atoms with Gasteiger partial charge in [0.25, 0.3) is 5.89 Å². The molecule has 0 aliphatic carbocycles. The van der Waals surface area contributed by atoms with Gasteiger partial charge in [-0.25, -0.2) is 4.68 Å². The van der Waals surface area contributed by atoms with Crippen molar-refractivity contribution < 1.29 is 18.7 Å². The van der Waals surface area contributed by atoms with Crippen LogP contribution in [0.25, 0.3) is 23.0 Å². The number of aryl methyl sites for hydroxylation is 2. The van der Waals surface area contributed by atoms with Crippen LogP contribution in [0.4, 0.5) is 0 Å². The second-order valence-electron chi connectivity index (χ2n) is 7.95. The van der Waals surface area contributed by atoms with Crippen molar-refractivity contribution in [2.75, 3.05) is 13.7 Å². The molecule has 0 spiro atoms. The average molecular weight is 447 g/mol. The molecule has 2 aromatic carbocycles. The number of aromatic nitrogens is 5. The third-order valence-corrected chi connectivity index (χ3v) is 5.72. The Morgan fingerprint density at radius 1 is 1.12 bits per heavy atom. The summed E-state index contributed by atoms with van der Waals surface area (Å²) in [6, 6.07) is 11.9. The normalized spacial score (nSPS) is 15.3. The van der Waals surface area contributed by atoms with E-state index in [-0.39, 0.29) is 6.10 Å². The number of hydrogen-bond donors (Lipinski definition) is 0. The molecule has 0 N–H and O–H groups in total. The van der Waals surface area contributed by atoms with Crippen molar-refractivity contribution in [3.63, 3.8) is 0 Å². The zero-order valence-electron chi connectivity index (χ0n) is 19.0. The summed E-state index contributed by atoms with van der Waals surface area (Å²) in [6.07, 6.45) is -0.0813. The molecule has 0 bridgehead atoms. The van der Waals surface area contributed by atoms with Crippen molar-refractivity contribution in [2.45, 2.75) is 40.0 Å². The summed E-state index contributed by atoms with van der Waals surface area (Å²) in [4.78, 5) is 4.54. The molecular formula is C24H25N5O4. The molecule has 0 saturated heterocycles. The Kier molecular flexibility index (Phi) is 5.55. The lowest BCUT2D eigenvalue weighted by Crippen LogP contribution is -2.22. The molecule has 4 aromatic rings. The van der Waals surface area contributed by atoms with Gasteiger partial charge in [0.2, 0.25) is 5.82 Å². The van der Waals surface area contributed by atoms with Gasteiger partial charge in [-0.1, -0.05) is 34.1 Å². The minimum atomic E-state index is -0.0813. The molecule has 0 fully saturated rings. The van der Waals surface area contributed by atoms with Crippen LogP contribution in [0.15, 0.2) is 40.9 Å². The highest BCUT2D eigenvalue weighted by atomic mass is 16.5. The van der Waals surface area contributed by atoms with Crippen LogP contribution in [0, 0.1) is 13.8 Å². The van der Waals surface area contributed by atoms with Gasteiger partial charge in [0.1, 0.15) is 6.10 Å². The number of rotatable bonds is 6. The van der Waals surface area contributed by atoms with Crippen molar-refractivity contribution in [1.29, 1.82) is 0 Å². The quantitative estimate of drug-likeness (QED) is 0.432. The molecule has 2 aromatic heterocycles. The van der Waals surface area contributed by atoms with Crippen LogP contribution >= 0.6 is 0 Å². The van der Waals surface area contributed by atoms with E-state index >= 15 is 0 Å². The van der Waals surface area contributed by atoms with Crippen LogP contribution in [0.1, 0.15) is 35.4 Å². The second kappa shape index (κ2) is 8.67. The number of ether oxygens (including phenoxy) is 3. The van der Waals surface area contributed by atoms with Gasteiger partial charge in [-0.3, -0.25) is 0 Å². The molecule has 0 unspecified atom stereocenters. The molecule has 0 radical (unpaired) electrons. The Hall–Kier alpha value is -3.72. The van der Waals surface area contributed by atoms with E-state index < -0.39 is 0 Å². The Morgan fingerprint density at radius 2 is 2.00 bits per heavy atom. The summed E-state index contributed by atoms with van der Waals surface area (Å²) in [7, 11) is 1.60. The van der Waals surface area contributed by atoms with Gasteiger partial charge in [0, 0.05) is 5.56 Å². The fourth-order valence-corrected chi connectivity index (χ4v) is 4.07. The van der Waals surface area contributed by atoms with Crippen LogP contribution in [-0.4, -0.2) is 38.9 Å². The average Bonchev–Trinajstić information content (AvgIpc) is 3.46. The number of fused-ring (bicyclic) bond motifs is 1. The van der Waals surface area contributed by atoms with Gasteiger partial charge in [-0.15, -0.1) is 5.10 Å². The highest BCUT2D eigenvalue weighted by Gasteiger charge is 2.28. The lowest BCUT2D eigenvalue weighted by atomic mass is 10.0. The molecule has 9 heteroatoms. The molecular weight excluding hydrogens is 422 g/mol. The first-order valence-electron chi connectivity index (χ1n) is 10.8. The predicted octanol–water partition coefficient (Wildman–Crippen LogP) is 4.29. The standard InChI is InChI=1S/C24H25N5O4/c1-5-31-20-11-16(7-9-19(20)30-4)23-25-24(33-27-23)22-18-13-32-21(12-29(18)28-26-22)17-8-6-14(2)10-15(17)3/h6-11,21H,5,12-13H2,1-4H3/t21-/m1/s1. The van der Waals surface area contributed by atoms with E-state index in [0.717, 1.165) is 16.8 Å². The number of methoxy groups -OCH3 is 1. The third-order valence-electron chi connectivity index (χ3n) is 5.72. The van der Waals surface area contributed by atoms with Crippen LogP contribution in [0.3, 0.4) is 0 Å². The van der Waals surface area contributed by atoms with Crippen molar-refractivity contribution >= 4 is 0 Å². The van der Waals surface area contributed by atoms with Crippen LogP contribution < -0.4 is 9.47 Å². The lowest BCUT2D eigenvalue weighted by Gasteiger charge is -2.25. The SMILES string of the molecule is CCOc1cc(-c2noc(-c3nnn4c3CO[C@@H](c3ccc(C)cc3C)C4)n2)ccc1OC. The van der Waals surface area contributed by atoms with E-state index in [1.165, 1.54) is 11.1 Å². The molecule has 1 aliphatic rings. The summed E-state index contributed by atoms with van der Waals surface area (Å²) < 4.78 is 24.5. The lowest BCUT2D eigenvalue weighted by molar-refractivity contribution is -0.00153. The van der Waals surface area contributed by atoms with Crippen molar-refractivity contribution in [3.05, 3.63) is 58.8 Å². The van der Waals surface area contributed by atoms with Gasteiger partial charge in [-0.05, 0) is 50.1 Å². The van der Waals surface area contributed by atoms with Crippen molar-refractivity contribution in [1.82, 2.24) is 25.1 Å². The Balaban J connectivity index is 1.40. The predicted molar refractivity (Wildman–Crippen MR) is 120 cm³/mol. The van der Waals surface area contributed by atoms with Crippen LogP contribution in [0.2, 0.25) is 0 Å². The van der Waals surface area contributed by atoms with Crippen LogP contribution in [-0.2, 0) is 17.9 Å². The summed E-state index contributed by atoms with van der Waals surface area (Å²) >= 11 is 0. The fourth-order valence-electron chi connectivity index (χ4n) is 4.07. The first-order valence-corrected chi connectivity index (χ1v) is 10.8. The van der Waals surface area contributed by atoms with E-state index in [2.05, 4.69) is 52.5 Å². The number of benzene rings is 2. The Morgan fingerprint density at radius 3 is 2.79 bits per heavy atom. The van der Waals surface area contributed by atoms with E-state index in [1.54, 1.807) is 7.11 Å². The van der Waals surface area contributed by atoms with Gasteiger partial charge in [0.15, 0.2) is 17.2 Å². The van der Waals surface area contributed by atoms with Gasteiger partial charge in [0.05, 0.1) is 32.6 Å². The molecule has 3 heterocycles. The monoisotopic (exact) mass is 447 g/mol. The van der Waals surface area contributed by atoms with E-state index in [0.29, 0.717) is 48.7 Å². The topological polar surface area (TPSA) is 97.3 Å². The van der Waals surface area contributed by atoms with Gasteiger partial charge < -0.3 is 18.7 Å². The van der Waals surface area contributed by atoms with E-state index in [9.17, 15) is 0 Å². The molecule has 0 amide bonds. The molecule has 170 valence electrons. The molecule has 5 rings (SSSR count). The summed E-state index contributed by atoms with van der Waals surface area (Å²) in [5, 5.41) is 12.8. The first-order chi connectivity index (χ1) is 16.1. The Labute approximate surface area is 191 Å². The Bertz CT molecular complexity index is 1300. The third kappa shape index (κ3) is 3.95. The molecule has 33 heavy (non-hydrogen) atoms. The smallest absolute Gasteiger partial charge is 0.280 e. The van der Waals surface area contributed by atoms with E-state index in [1.807, 2.05) is 29.8 Å². The molecule has 0 saturated carbocycles. The van der Waals surface area contributed by atoms with E-state index in [4.69, 9.17) is 18.7 Å². The number of nitrogens with zero attached hydrogens (tertiary/aromatic N) is 5. The zero-order valence-corrected chi connectivity index (χ0v) is 19.0. The highest BCUT2D eigenvalue weighted by Crippen LogP contribution is 2.34. The minimum Gasteiger partial charge on any atom is -0.493 e. The maximum atomic E-state index is 6.17. The maximum absolute atomic E-state index is 6.17. The molecule has 1 aliphatic heterocycles. The van der Waals surface area contributed by atoms with Crippen molar-refractivity contribution in [3.8, 4) is 34.5 Å². The fraction of sp³-hybridized carbons (Fsp3) is 0.333. The van der Waals surface area contributed by atoms with Crippen LogP contribution in [0.5, 0.6) is 11.5 Å². The molecule has 1 atom stereocenters. The largest absolute Gasteiger partial charge is 0.493 e.